The molecule has 4 amide bonds. The standard InChI is InChI=1S/C6H11N3O2/c1-2-3-9-4-7-5(10)8-6(9)11/h2-4H2,1H3,(H2,7,8,10,11). The van der Waals surface area contributed by atoms with E-state index in [0.29, 0.717) is 13.2 Å². The summed E-state index contributed by atoms with van der Waals surface area (Å²) < 4.78 is 0. The molecule has 0 radical (unpaired) electrons. The van der Waals surface area contributed by atoms with Crippen molar-refractivity contribution in [3.05, 3.63) is 0 Å². The highest BCUT2D eigenvalue weighted by Crippen LogP contribution is 1.93. The van der Waals surface area contributed by atoms with Gasteiger partial charge in [-0.15, -0.1) is 0 Å². The summed E-state index contributed by atoms with van der Waals surface area (Å²) in [5.74, 6) is 0. The average Bonchev–Trinajstić information content (AvgIpc) is 1.95. The van der Waals surface area contributed by atoms with Gasteiger partial charge in [-0.2, -0.15) is 0 Å². The first-order valence-electron chi connectivity index (χ1n) is 3.57. The van der Waals surface area contributed by atoms with E-state index in [4.69, 9.17) is 0 Å². The molecule has 0 aromatic rings. The van der Waals surface area contributed by atoms with Crippen molar-refractivity contribution in [1.29, 1.82) is 0 Å². The molecule has 5 heteroatoms. The fraction of sp³-hybridized carbons (Fsp3) is 0.667. The maximum atomic E-state index is 10.9. The summed E-state index contributed by atoms with van der Waals surface area (Å²) in [6, 6.07) is -0.724. The van der Waals surface area contributed by atoms with E-state index in [2.05, 4.69) is 10.6 Å². The number of nitrogens with zero attached hydrogens (tertiary/aromatic N) is 1. The van der Waals surface area contributed by atoms with E-state index in [1.54, 1.807) is 4.90 Å². The van der Waals surface area contributed by atoms with Gasteiger partial charge in [0.15, 0.2) is 0 Å². The first-order valence-corrected chi connectivity index (χ1v) is 3.57. The van der Waals surface area contributed by atoms with Gasteiger partial charge in [0.05, 0.1) is 6.67 Å². The molecule has 0 aromatic carbocycles. The zero-order valence-corrected chi connectivity index (χ0v) is 6.39. The monoisotopic (exact) mass is 157 g/mol. The maximum absolute atomic E-state index is 10.9. The smallest absolute Gasteiger partial charge is 0.320 e. The van der Waals surface area contributed by atoms with Crippen LogP contribution < -0.4 is 10.6 Å². The quantitative estimate of drug-likeness (QED) is 0.596. The van der Waals surface area contributed by atoms with Gasteiger partial charge >= 0.3 is 12.1 Å². The van der Waals surface area contributed by atoms with Crippen LogP contribution in [0.25, 0.3) is 0 Å². The third-order valence-corrected chi connectivity index (χ3v) is 1.43. The lowest BCUT2D eigenvalue weighted by atomic mass is 10.4. The predicted octanol–water partition coefficient (Wildman–Crippen LogP) is 0.0887. The van der Waals surface area contributed by atoms with Gasteiger partial charge in [-0.1, -0.05) is 6.92 Å². The molecule has 0 aliphatic carbocycles. The summed E-state index contributed by atoms with van der Waals surface area (Å²) in [6.07, 6.45) is 0.892. The van der Waals surface area contributed by atoms with E-state index >= 15 is 0 Å². The molecule has 1 rings (SSSR count). The number of amides is 4. The van der Waals surface area contributed by atoms with Gasteiger partial charge in [0.1, 0.15) is 0 Å². The Balaban J connectivity index is 2.44. The minimum atomic E-state index is -0.414. The van der Waals surface area contributed by atoms with Crippen molar-refractivity contribution >= 4 is 12.1 Å². The van der Waals surface area contributed by atoms with E-state index in [9.17, 15) is 9.59 Å². The molecule has 0 spiro atoms. The molecule has 0 unspecified atom stereocenters. The third kappa shape index (κ3) is 1.83. The number of hydrogen-bond donors (Lipinski definition) is 2. The van der Waals surface area contributed by atoms with Crippen molar-refractivity contribution in [3.63, 3.8) is 0 Å². The molecule has 1 heterocycles. The first kappa shape index (κ1) is 7.84. The highest BCUT2D eigenvalue weighted by Gasteiger charge is 2.20. The zero-order valence-electron chi connectivity index (χ0n) is 6.39. The average molecular weight is 157 g/mol. The first-order chi connectivity index (χ1) is 5.24. The van der Waals surface area contributed by atoms with Crippen LogP contribution in [0.4, 0.5) is 9.59 Å². The number of imide groups is 1. The van der Waals surface area contributed by atoms with Crippen molar-refractivity contribution in [3.8, 4) is 0 Å². The Hall–Kier alpha value is -1.26. The van der Waals surface area contributed by atoms with Crippen molar-refractivity contribution < 1.29 is 9.59 Å². The Morgan fingerprint density at radius 1 is 1.55 bits per heavy atom. The van der Waals surface area contributed by atoms with Crippen LogP contribution in [-0.2, 0) is 0 Å². The van der Waals surface area contributed by atoms with Crippen molar-refractivity contribution in [1.82, 2.24) is 15.5 Å². The van der Waals surface area contributed by atoms with Crippen LogP contribution in [0.3, 0.4) is 0 Å². The zero-order chi connectivity index (χ0) is 8.27. The van der Waals surface area contributed by atoms with Gasteiger partial charge in [-0.3, -0.25) is 5.32 Å². The van der Waals surface area contributed by atoms with Crippen LogP contribution in [0.5, 0.6) is 0 Å². The van der Waals surface area contributed by atoms with Crippen LogP contribution >= 0.6 is 0 Å². The van der Waals surface area contributed by atoms with E-state index in [-0.39, 0.29) is 6.03 Å². The minimum absolute atomic E-state index is 0.310. The molecule has 0 saturated carbocycles. The molecule has 0 atom stereocenters. The van der Waals surface area contributed by atoms with Crippen LogP contribution in [0.2, 0.25) is 0 Å². The summed E-state index contributed by atoms with van der Waals surface area (Å²) in [5, 5.41) is 4.65. The van der Waals surface area contributed by atoms with Gasteiger partial charge < -0.3 is 10.2 Å². The maximum Gasteiger partial charge on any atom is 0.326 e. The lowest BCUT2D eigenvalue weighted by Gasteiger charge is -2.26. The molecule has 1 aliphatic rings. The fourth-order valence-corrected chi connectivity index (χ4v) is 0.910. The topological polar surface area (TPSA) is 61.4 Å². The molecule has 0 aromatic heterocycles. The lowest BCUT2D eigenvalue weighted by molar-refractivity contribution is 0.176. The second-order valence-corrected chi connectivity index (χ2v) is 2.36. The molecule has 11 heavy (non-hydrogen) atoms. The Morgan fingerprint density at radius 2 is 2.27 bits per heavy atom. The SMILES string of the molecule is CCCN1CNC(=O)NC1=O. The number of carbonyl (C=O) groups excluding carboxylic acids is 2. The number of rotatable bonds is 2. The normalized spacial score (nSPS) is 17.7. The predicted molar refractivity (Wildman–Crippen MR) is 38.9 cm³/mol. The molecule has 62 valence electrons. The summed E-state index contributed by atoms with van der Waals surface area (Å²) >= 11 is 0. The van der Waals surface area contributed by atoms with Gasteiger partial charge in [0, 0.05) is 6.54 Å². The second-order valence-electron chi connectivity index (χ2n) is 2.36. The van der Waals surface area contributed by atoms with Crippen molar-refractivity contribution in [2.24, 2.45) is 0 Å². The fourth-order valence-electron chi connectivity index (χ4n) is 0.910. The van der Waals surface area contributed by atoms with E-state index in [1.807, 2.05) is 6.92 Å². The van der Waals surface area contributed by atoms with Crippen LogP contribution in [0, 0.1) is 0 Å². The Kier molecular flexibility index (Phi) is 2.30. The molecule has 1 aliphatic heterocycles. The Bertz CT molecular complexity index is 181. The number of carbonyl (C=O) groups is 2. The largest absolute Gasteiger partial charge is 0.326 e. The Labute approximate surface area is 64.7 Å². The number of hydrogen-bond acceptors (Lipinski definition) is 2. The van der Waals surface area contributed by atoms with Gasteiger partial charge in [-0.05, 0) is 6.42 Å². The van der Waals surface area contributed by atoms with Crippen molar-refractivity contribution in [2.75, 3.05) is 13.2 Å². The van der Waals surface area contributed by atoms with E-state index in [1.165, 1.54) is 0 Å². The summed E-state index contributed by atoms with van der Waals surface area (Å²) in [6.45, 7) is 2.97. The third-order valence-electron chi connectivity index (χ3n) is 1.43. The minimum Gasteiger partial charge on any atom is -0.320 e. The van der Waals surface area contributed by atoms with Gasteiger partial charge in [-0.25, -0.2) is 9.59 Å². The number of urea groups is 2. The molecular weight excluding hydrogens is 146 g/mol. The van der Waals surface area contributed by atoms with Crippen LogP contribution in [-0.4, -0.2) is 30.2 Å². The number of nitrogens with one attached hydrogen (secondary N) is 2. The van der Waals surface area contributed by atoms with Crippen molar-refractivity contribution in [2.45, 2.75) is 13.3 Å². The highest BCUT2D eigenvalue weighted by atomic mass is 16.2. The molecular formula is C6H11N3O2. The molecule has 0 bridgehead atoms. The highest BCUT2D eigenvalue weighted by molar-refractivity contribution is 5.95. The van der Waals surface area contributed by atoms with Gasteiger partial charge in [0.25, 0.3) is 0 Å². The molecule has 5 nitrogen and oxygen atoms in total. The van der Waals surface area contributed by atoms with Gasteiger partial charge in [0.2, 0.25) is 0 Å². The Morgan fingerprint density at radius 3 is 2.82 bits per heavy atom. The lowest BCUT2D eigenvalue weighted by Crippen LogP contribution is -2.57. The summed E-state index contributed by atoms with van der Waals surface area (Å²) in [5.41, 5.74) is 0. The van der Waals surface area contributed by atoms with Crippen LogP contribution in [0.15, 0.2) is 0 Å². The van der Waals surface area contributed by atoms with Crippen LogP contribution in [0.1, 0.15) is 13.3 Å². The summed E-state index contributed by atoms with van der Waals surface area (Å²) in [7, 11) is 0. The van der Waals surface area contributed by atoms with E-state index < -0.39 is 6.03 Å². The molecule has 2 N–H and O–H groups in total. The van der Waals surface area contributed by atoms with E-state index in [0.717, 1.165) is 6.42 Å². The summed E-state index contributed by atoms with van der Waals surface area (Å²) in [4.78, 5) is 23.0. The molecule has 1 saturated heterocycles. The molecule has 1 fully saturated rings. The second kappa shape index (κ2) is 3.23.